The number of nitrogens with one attached hydrogen (secondary N) is 2. The third-order valence-electron chi connectivity index (χ3n) is 2.76. The first-order chi connectivity index (χ1) is 9.46. The van der Waals surface area contributed by atoms with Crippen LogP contribution in [0, 0.1) is 0 Å². The number of carbonyl (C=O) groups is 3. The highest BCUT2D eigenvalue weighted by atomic mass is 32.1. The molecular formula is C11H18N4O4S. The minimum atomic E-state index is -0.855. The average molecular weight is 302 g/mol. The van der Waals surface area contributed by atoms with Crippen LogP contribution in [0.15, 0.2) is 0 Å². The lowest BCUT2D eigenvalue weighted by molar-refractivity contribution is -0.132. The van der Waals surface area contributed by atoms with Crippen LogP contribution in [-0.4, -0.2) is 59.2 Å². The zero-order valence-electron chi connectivity index (χ0n) is 11.6. The number of nitrogens with zero attached hydrogens (tertiary/aromatic N) is 2. The Bertz CT molecular complexity index is 429. The first-order valence-electron chi connectivity index (χ1n) is 6.24. The summed E-state index contributed by atoms with van der Waals surface area (Å²) in [6, 6.07) is -0.855. The Morgan fingerprint density at radius 1 is 1.40 bits per heavy atom. The second-order valence-electron chi connectivity index (χ2n) is 3.96. The van der Waals surface area contributed by atoms with Crippen molar-refractivity contribution in [1.82, 2.24) is 20.7 Å². The van der Waals surface area contributed by atoms with Gasteiger partial charge in [-0.1, -0.05) is 0 Å². The van der Waals surface area contributed by atoms with Crippen LogP contribution < -0.4 is 10.7 Å². The number of hydrogen-bond acceptors (Lipinski definition) is 5. The van der Waals surface area contributed by atoms with Crippen LogP contribution in [0.2, 0.25) is 0 Å². The number of carbonyl (C=O) groups excluding carboxylic acids is 3. The Hall–Kier alpha value is -1.90. The lowest BCUT2D eigenvalue weighted by Crippen LogP contribution is -2.50. The van der Waals surface area contributed by atoms with Crippen molar-refractivity contribution < 1.29 is 19.1 Å². The van der Waals surface area contributed by atoms with Crippen molar-refractivity contribution in [2.24, 2.45) is 0 Å². The van der Waals surface area contributed by atoms with E-state index in [-0.39, 0.29) is 30.0 Å². The van der Waals surface area contributed by atoms with Gasteiger partial charge >= 0.3 is 6.09 Å². The van der Waals surface area contributed by atoms with Gasteiger partial charge in [0, 0.05) is 13.6 Å². The summed E-state index contributed by atoms with van der Waals surface area (Å²) in [5.74, 6) is -0.641. The van der Waals surface area contributed by atoms with Gasteiger partial charge in [-0.25, -0.2) is 15.2 Å². The Morgan fingerprint density at radius 2 is 2.05 bits per heavy atom. The van der Waals surface area contributed by atoms with Crippen molar-refractivity contribution >= 4 is 35.2 Å². The van der Waals surface area contributed by atoms with Crippen molar-refractivity contribution in [3.8, 4) is 0 Å². The molecular weight excluding hydrogens is 284 g/mol. The molecule has 8 nitrogen and oxygen atoms in total. The molecule has 0 aromatic heterocycles. The van der Waals surface area contributed by atoms with Gasteiger partial charge in [-0.3, -0.25) is 14.5 Å². The van der Waals surface area contributed by atoms with Gasteiger partial charge < -0.3 is 10.1 Å². The van der Waals surface area contributed by atoms with Gasteiger partial charge in [0.1, 0.15) is 6.04 Å². The molecule has 112 valence electrons. The lowest BCUT2D eigenvalue weighted by atomic mass is 10.2. The van der Waals surface area contributed by atoms with Crippen LogP contribution in [-0.2, 0) is 14.3 Å². The Morgan fingerprint density at radius 3 is 2.55 bits per heavy atom. The van der Waals surface area contributed by atoms with Crippen molar-refractivity contribution in [2.75, 3.05) is 20.2 Å². The summed E-state index contributed by atoms with van der Waals surface area (Å²) in [5, 5.41) is 3.79. The standard InChI is InChI=1S/C11H18N4O4S/c1-4-14-9(17)7(6-8(16)12-3)15(11(14)20)13-10(18)19-5-2/h7H,4-6H2,1-3H3,(H,12,16)(H,13,18). The summed E-state index contributed by atoms with van der Waals surface area (Å²) in [7, 11) is 1.47. The van der Waals surface area contributed by atoms with E-state index in [0.717, 1.165) is 0 Å². The SMILES string of the molecule is CCOC(=O)NN1C(=S)N(CC)C(=O)C1CC(=O)NC. The van der Waals surface area contributed by atoms with Crippen LogP contribution in [0.4, 0.5) is 4.79 Å². The average Bonchev–Trinajstić information content (AvgIpc) is 2.62. The maximum atomic E-state index is 12.2. The van der Waals surface area contributed by atoms with E-state index in [1.807, 2.05) is 0 Å². The maximum absolute atomic E-state index is 12.2. The number of rotatable bonds is 5. The maximum Gasteiger partial charge on any atom is 0.426 e. The van der Waals surface area contributed by atoms with Gasteiger partial charge in [0.05, 0.1) is 13.0 Å². The number of amides is 3. The third-order valence-corrected chi connectivity index (χ3v) is 3.18. The third kappa shape index (κ3) is 3.35. The topological polar surface area (TPSA) is 91.0 Å². The van der Waals surface area contributed by atoms with Crippen LogP contribution in [0.3, 0.4) is 0 Å². The first-order valence-corrected chi connectivity index (χ1v) is 6.65. The van der Waals surface area contributed by atoms with E-state index in [9.17, 15) is 14.4 Å². The summed E-state index contributed by atoms with van der Waals surface area (Å²) in [6.07, 6.45) is -0.819. The monoisotopic (exact) mass is 302 g/mol. The molecule has 1 heterocycles. The molecule has 9 heteroatoms. The smallest absolute Gasteiger partial charge is 0.426 e. The zero-order valence-corrected chi connectivity index (χ0v) is 12.5. The van der Waals surface area contributed by atoms with E-state index in [1.54, 1.807) is 13.8 Å². The minimum Gasteiger partial charge on any atom is -0.449 e. The fraction of sp³-hybridized carbons (Fsp3) is 0.636. The van der Waals surface area contributed by atoms with Gasteiger partial charge in [0.2, 0.25) is 5.91 Å². The van der Waals surface area contributed by atoms with Crippen LogP contribution in [0.25, 0.3) is 0 Å². The molecule has 0 saturated carbocycles. The summed E-state index contributed by atoms with van der Waals surface area (Å²) in [4.78, 5) is 36.5. The highest BCUT2D eigenvalue weighted by Crippen LogP contribution is 2.18. The van der Waals surface area contributed by atoms with Gasteiger partial charge in [-0.05, 0) is 26.1 Å². The molecule has 1 fully saturated rings. The summed E-state index contributed by atoms with van der Waals surface area (Å²) in [5.41, 5.74) is 2.39. The van der Waals surface area contributed by atoms with E-state index in [0.29, 0.717) is 6.54 Å². The molecule has 1 atom stereocenters. The van der Waals surface area contributed by atoms with E-state index in [1.165, 1.54) is 17.0 Å². The van der Waals surface area contributed by atoms with Crippen LogP contribution >= 0.6 is 12.2 Å². The van der Waals surface area contributed by atoms with E-state index in [2.05, 4.69) is 10.7 Å². The molecule has 1 rings (SSSR count). The molecule has 0 aromatic carbocycles. The largest absolute Gasteiger partial charge is 0.449 e. The van der Waals surface area contributed by atoms with Crippen molar-refractivity contribution in [1.29, 1.82) is 0 Å². The van der Waals surface area contributed by atoms with Crippen LogP contribution in [0.5, 0.6) is 0 Å². The molecule has 0 aliphatic carbocycles. The molecule has 1 aliphatic rings. The number of likely N-dealkylation sites (N-methyl/N-ethyl adjacent to an activating group) is 1. The van der Waals surface area contributed by atoms with Gasteiger partial charge in [0.25, 0.3) is 5.91 Å². The molecule has 1 aliphatic heterocycles. The van der Waals surface area contributed by atoms with Crippen molar-refractivity contribution in [3.63, 3.8) is 0 Å². The second-order valence-corrected chi connectivity index (χ2v) is 4.33. The Balaban J connectivity index is 2.89. The Kier molecular flexibility index (Phi) is 5.68. The number of thiocarbonyl (C=S) groups is 1. The molecule has 2 N–H and O–H groups in total. The molecule has 1 unspecified atom stereocenters. The predicted octanol–water partition coefficient (Wildman–Crippen LogP) is -0.399. The van der Waals surface area contributed by atoms with Gasteiger partial charge in [-0.15, -0.1) is 0 Å². The fourth-order valence-electron chi connectivity index (χ4n) is 1.78. The second kappa shape index (κ2) is 7.04. The number of hydrazine groups is 1. The molecule has 20 heavy (non-hydrogen) atoms. The lowest BCUT2D eigenvalue weighted by Gasteiger charge is -2.23. The van der Waals surface area contributed by atoms with E-state index >= 15 is 0 Å². The van der Waals surface area contributed by atoms with Gasteiger partial charge in [-0.2, -0.15) is 0 Å². The molecule has 0 aromatic rings. The molecule has 0 spiro atoms. The van der Waals surface area contributed by atoms with Gasteiger partial charge in [0.15, 0.2) is 5.11 Å². The zero-order chi connectivity index (χ0) is 15.3. The number of hydrogen-bond donors (Lipinski definition) is 2. The van der Waals surface area contributed by atoms with Crippen molar-refractivity contribution in [2.45, 2.75) is 26.3 Å². The van der Waals surface area contributed by atoms with Crippen molar-refractivity contribution in [3.05, 3.63) is 0 Å². The van der Waals surface area contributed by atoms with Crippen LogP contribution in [0.1, 0.15) is 20.3 Å². The highest BCUT2D eigenvalue weighted by Gasteiger charge is 2.43. The van der Waals surface area contributed by atoms with E-state index in [4.69, 9.17) is 17.0 Å². The predicted molar refractivity (Wildman–Crippen MR) is 74.5 cm³/mol. The summed E-state index contributed by atoms with van der Waals surface area (Å²) >= 11 is 5.14. The summed E-state index contributed by atoms with van der Waals surface area (Å²) < 4.78 is 4.75. The molecule has 3 amide bonds. The Labute approximate surface area is 122 Å². The fourth-order valence-corrected chi connectivity index (χ4v) is 2.17. The number of ether oxygens (including phenoxy) is 1. The highest BCUT2D eigenvalue weighted by molar-refractivity contribution is 7.80. The normalized spacial score (nSPS) is 18.2. The minimum absolute atomic E-state index is 0.0988. The quantitative estimate of drug-likeness (QED) is 0.672. The first kappa shape index (κ1) is 16.2. The van der Waals surface area contributed by atoms with E-state index < -0.39 is 12.1 Å². The molecule has 0 bridgehead atoms. The molecule has 0 radical (unpaired) electrons. The molecule has 1 saturated heterocycles. The summed E-state index contributed by atoms with van der Waals surface area (Å²) in [6.45, 7) is 3.98.